The van der Waals surface area contributed by atoms with E-state index in [4.69, 9.17) is 0 Å². The molecule has 0 aliphatic heterocycles. The summed E-state index contributed by atoms with van der Waals surface area (Å²) in [5.41, 5.74) is 2.09. The number of aromatic nitrogens is 3. The largest absolute Gasteiger partial charge is 0.311 e. The van der Waals surface area contributed by atoms with Gasteiger partial charge in [0, 0.05) is 5.69 Å². The topological polar surface area (TPSA) is 70.7 Å². The van der Waals surface area contributed by atoms with Crippen molar-refractivity contribution in [1.29, 1.82) is 0 Å². The Labute approximate surface area is 96.9 Å². The van der Waals surface area contributed by atoms with Crippen LogP contribution in [0.25, 0.3) is 0 Å². The smallest absolute Gasteiger partial charge is 0.276 e. The number of carbonyl (C=O) groups excluding carboxylic acids is 1. The van der Waals surface area contributed by atoms with Crippen molar-refractivity contribution in [3.8, 4) is 0 Å². The number of aromatic amines is 1. The van der Waals surface area contributed by atoms with Crippen LogP contribution in [0.4, 0.5) is 5.00 Å². The maximum Gasteiger partial charge on any atom is 0.276 e. The minimum Gasteiger partial charge on any atom is -0.311 e. The van der Waals surface area contributed by atoms with E-state index in [-0.39, 0.29) is 5.91 Å². The molecule has 2 rings (SSSR count). The van der Waals surface area contributed by atoms with Crippen molar-refractivity contribution in [2.24, 2.45) is 0 Å². The van der Waals surface area contributed by atoms with Crippen molar-refractivity contribution in [3.63, 3.8) is 0 Å². The van der Waals surface area contributed by atoms with Gasteiger partial charge in [0.2, 0.25) is 0 Å². The molecule has 0 spiro atoms. The van der Waals surface area contributed by atoms with E-state index in [0.717, 1.165) is 21.4 Å². The highest BCUT2D eigenvalue weighted by Gasteiger charge is 2.12. The lowest BCUT2D eigenvalue weighted by Crippen LogP contribution is -2.12. The van der Waals surface area contributed by atoms with Gasteiger partial charge in [-0.3, -0.25) is 9.89 Å². The molecule has 0 unspecified atom stereocenters. The van der Waals surface area contributed by atoms with Crippen molar-refractivity contribution in [1.82, 2.24) is 15.2 Å². The molecule has 0 fully saturated rings. The van der Waals surface area contributed by atoms with Gasteiger partial charge in [-0.2, -0.15) is 5.10 Å². The van der Waals surface area contributed by atoms with Gasteiger partial charge in [-0.1, -0.05) is 0 Å². The number of hydrogen-bond acceptors (Lipinski definition) is 4. The van der Waals surface area contributed by atoms with Crippen LogP contribution in [0.5, 0.6) is 0 Å². The molecule has 2 aromatic heterocycles. The molecule has 16 heavy (non-hydrogen) atoms. The number of nitrogens with zero attached hydrogens (tertiary/aromatic N) is 2. The molecule has 2 aromatic rings. The van der Waals surface area contributed by atoms with Crippen molar-refractivity contribution < 1.29 is 4.79 Å². The first-order valence-electron chi connectivity index (χ1n) is 4.83. The van der Waals surface area contributed by atoms with Crippen LogP contribution in [0.1, 0.15) is 26.9 Å². The highest BCUT2D eigenvalue weighted by atomic mass is 32.1. The number of carbonyl (C=O) groups is 1. The van der Waals surface area contributed by atoms with E-state index < -0.39 is 0 Å². The Kier molecular flexibility index (Phi) is 2.74. The summed E-state index contributed by atoms with van der Waals surface area (Å²) >= 11 is 1.46. The lowest BCUT2D eigenvalue weighted by atomic mass is 10.3. The van der Waals surface area contributed by atoms with E-state index in [1.54, 1.807) is 6.07 Å². The molecule has 0 aliphatic carbocycles. The van der Waals surface area contributed by atoms with Crippen LogP contribution in [0.2, 0.25) is 0 Å². The molecule has 0 bridgehead atoms. The molecule has 6 heteroatoms. The fraction of sp³-hybridized carbons (Fsp3) is 0.300. The zero-order valence-corrected chi connectivity index (χ0v) is 10.1. The first-order valence-corrected chi connectivity index (χ1v) is 5.65. The number of aryl methyl sites for hydroxylation is 3. The molecular formula is C10H12N4OS. The highest BCUT2D eigenvalue weighted by molar-refractivity contribution is 7.16. The Bertz CT molecular complexity index is 529. The summed E-state index contributed by atoms with van der Waals surface area (Å²) in [4.78, 5) is 16.0. The summed E-state index contributed by atoms with van der Waals surface area (Å²) in [6.07, 6.45) is 0. The monoisotopic (exact) mass is 236 g/mol. The molecule has 0 saturated carbocycles. The van der Waals surface area contributed by atoms with Gasteiger partial charge in [0.1, 0.15) is 5.00 Å². The Morgan fingerprint density at radius 1 is 1.44 bits per heavy atom. The Hall–Kier alpha value is -1.69. The molecule has 0 radical (unpaired) electrons. The third-order valence-electron chi connectivity index (χ3n) is 2.07. The van der Waals surface area contributed by atoms with Crippen molar-refractivity contribution in [3.05, 3.63) is 28.2 Å². The van der Waals surface area contributed by atoms with Gasteiger partial charge in [0.25, 0.3) is 5.91 Å². The van der Waals surface area contributed by atoms with E-state index in [9.17, 15) is 4.79 Å². The zero-order chi connectivity index (χ0) is 11.7. The first-order chi connectivity index (χ1) is 7.56. The van der Waals surface area contributed by atoms with Crippen LogP contribution in [0.15, 0.2) is 6.07 Å². The maximum atomic E-state index is 11.8. The number of hydrogen-bond donors (Lipinski definition) is 2. The fourth-order valence-electron chi connectivity index (χ4n) is 1.35. The van der Waals surface area contributed by atoms with Gasteiger partial charge in [-0.05, 0) is 26.8 Å². The third kappa shape index (κ3) is 2.11. The molecule has 5 nitrogen and oxygen atoms in total. The number of rotatable bonds is 2. The second-order valence-electron chi connectivity index (χ2n) is 3.54. The quantitative estimate of drug-likeness (QED) is 0.838. The molecule has 2 heterocycles. The van der Waals surface area contributed by atoms with Crippen molar-refractivity contribution >= 4 is 22.2 Å². The van der Waals surface area contributed by atoms with Crippen LogP contribution < -0.4 is 5.32 Å². The molecule has 2 N–H and O–H groups in total. The standard InChI is InChI=1S/C10H12N4OS/c1-5-4-8(14-13-5)9(15)12-10-6(2)11-7(3)16-10/h4H,1-3H3,(H,12,15)(H,13,14). The van der Waals surface area contributed by atoms with E-state index >= 15 is 0 Å². The number of anilines is 1. The summed E-state index contributed by atoms with van der Waals surface area (Å²) in [5, 5.41) is 11.1. The minimum absolute atomic E-state index is 0.212. The predicted molar refractivity (Wildman–Crippen MR) is 62.9 cm³/mol. The number of thiazole rings is 1. The Morgan fingerprint density at radius 3 is 2.69 bits per heavy atom. The van der Waals surface area contributed by atoms with Crippen LogP contribution >= 0.6 is 11.3 Å². The fourth-order valence-corrected chi connectivity index (χ4v) is 2.16. The van der Waals surface area contributed by atoms with E-state index in [0.29, 0.717) is 5.69 Å². The summed E-state index contributed by atoms with van der Waals surface area (Å²) in [6, 6.07) is 1.71. The summed E-state index contributed by atoms with van der Waals surface area (Å²) in [6.45, 7) is 5.63. The maximum absolute atomic E-state index is 11.8. The Balaban J connectivity index is 2.16. The summed E-state index contributed by atoms with van der Waals surface area (Å²) in [7, 11) is 0. The average molecular weight is 236 g/mol. The second-order valence-corrected chi connectivity index (χ2v) is 4.74. The van der Waals surface area contributed by atoms with Gasteiger partial charge in [0.05, 0.1) is 10.7 Å². The normalized spacial score (nSPS) is 10.4. The van der Waals surface area contributed by atoms with Crippen LogP contribution in [0, 0.1) is 20.8 Å². The Morgan fingerprint density at radius 2 is 2.19 bits per heavy atom. The lowest BCUT2D eigenvalue weighted by Gasteiger charge is -1.99. The van der Waals surface area contributed by atoms with E-state index in [1.165, 1.54) is 11.3 Å². The van der Waals surface area contributed by atoms with Gasteiger partial charge in [-0.15, -0.1) is 11.3 Å². The van der Waals surface area contributed by atoms with Crippen LogP contribution in [0.3, 0.4) is 0 Å². The van der Waals surface area contributed by atoms with Crippen molar-refractivity contribution in [2.45, 2.75) is 20.8 Å². The molecule has 84 valence electrons. The molecule has 0 atom stereocenters. The van der Waals surface area contributed by atoms with E-state index in [2.05, 4.69) is 20.5 Å². The zero-order valence-electron chi connectivity index (χ0n) is 9.29. The van der Waals surface area contributed by atoms with Crippen LogP contribution in [-0.2, 0) is 0 Å². The summed E-state index contributed by atoms with van der Waals surface area (Å²) < 4.78 is 0. The predicted octanol–water partition coefficient (Wildman–Crippen LogP) is 2.04. The highest BCUT2D eigenvalue weighted by Crippen LogP contribution is 2.23. The van der Waals surface area contributed by atoms with Gasteiger partial charge < -0.3 is 5.32 Å². The minimum atomic E-state index is -0.212. The van der Waals surface area contributed by atoms with Gasteiger partial charge in [-0.25, -0.2) is 4.98 Å². The molecule has 0 saturated heterocycles. The van der Waals surface area contributed by atoms with Gasteiger partial charge in [0.15, 0.2) is 5.69 Å². The molecular weight excluding hydrogens is 224 g/mol. The van der Waals surface area contributed by atoms with Crippen molar-refractivity contribution in [2.75, 3.05) is 5.32 Å². The second kappa shape index (κ2) is 4.05. The average Bonchev–Trinajstić information content (AvgIpc) is 2.74. The lowest BCUT2D eigenvalue weighted by molar-refractivity contribution is 0.102. The van der Waals surface area contributed by atoms with E-state index in [1.807, 2.05) is 20.8 Å². The molecule has 0 aromatic carbocycles. The van der Waals surface area contributed by atoms with Gasteiger partial charge >= 0.3 is 0 Å². The number of nitrogens with one attached hydrogen (secondary N) is 2. The molecule has 0 aliphatic rings. The third-order valence-corrected chi connectivity index (χ3v) is 3.06. The van der Waals surface area contributed by atoms with Crippen LogP contribution in [-0.4, -0.2) is 21.1 Å². The number of amides is 1. The molecule has 1 amide bonds. The summed E-state index contributed by atoms with van der Waals surface area (Å²) in [5.74, 6) is -0.212. The SMILES string of the molecule is Cc1cc(C(=O)Nc2sc(C)nc2C)n[nH]1. The first kappa shape index (κ1) is 10.8. The number of H-pyrrole nitrogens is 1.